The van der Waals surface area contributed by atoms with Crippen molar-refractivity contribution in [3.63, 3.8) is 0 Å². The maximum Gasteiger partial charge on any atom is 0.217 e. The number of hydrogen-bond donors (Lipinski definition) is 0. The first-order chi connectivity index (χ1) is 10.4. The number of nitrogens with zero attached hydrogens (tertiary/aromatic N) is 4. The van der Waals surface area contributed by atoms with Crippen LogP contribution in [0.15, 0.2) is 6.33 Å². The van der Waals surface area contributed by atoms with E-state index < -0.39 is 10.0 Å². The van der Waals surface area contributed by atoms with Crippen LogP contribution in [-0.4, -0.2) is 54.1 Å². The number of likely N-dealkylation sites (N-methyl/N-ethyl adjacent to an activating group) is 1. The van der Waals surface area contributed by atoms with E-state index in [1.807, 2.05) is 13.8 Å². The van der Waals surface area contributed by atoms with Crippen LogP contribution in [0, 0.1) is 13.8 Å². The van der Waals surface area contributed by atoms with Crippen LogP contribution < -0.4 is 4.90 Å². The summed E-state index contributed by atoms with van der Waals surface area (Å²) >= 11 is 0. The molecule has 1 aliphatic carbocycles. The fraction of sp³-hybridized carbons (Fsp3) is 0.733. The molecule has 2 aliphatic rings. The Kier molecular flexibility index (Phi) is 4.11. The van der Waals surface area contributed by atoms with E-state index in [-0.39, 0.29) is 11.3 Å². The summed E-state index contributed by atoms with van der Waals surface area (Å²) < 4.78 is 26.5. The quantitative estimate of drug-likeness (QED) is 0.839. The van der Waals surface area contributed by atoms with Crippen LogP contribution in [0.4, 0.5) is 5.82 Å². The monoisotopic (exact) mass is 324 g/mol. The smallest absolute Gasteiger partial charge is 0.217 e. The second-order valence-corrected chi connectivity index (χ2v) is 8.68. The standard InChI is InChI=1S/C15H24N4O2S/c1-11-12(2)16-10-17-15(11)19-8-4-5-13(9-19)18(3)22(20,21)14-6-7-14/h10,13-14H,4-9H2,1-3H3. The van der Waals surface area contributed by atoms with Crippen LogP contribution in [0.3, 0.4) is 0 Å². The highest BCUT2D eigenvalue weighted by molar-refractivity contribution is 7.90. The Morgan fingerprint density at radius 2 is 1.95 bits per heavy atom. The number of aromatic nitrogens is 2. The van der Waals surface area contributed by atoms with Crippen LogP contribution in [0.25, 0.3) is 0 Å². The van der Waals surface area contributed by atoms with Gasteiger partial charge in [0.15, 0.2) is 0 Å². The molecule has 2 fully saturated rings. The van der Waals surface area contributed by atoms with Gasteiger partial charge in [-0.2, -0.15) is 4.31 Å². The molecular weight excluding hydrogens is 300 g/mol. The zero-order valence-corrected chi connectivity index (χ0v) is 14.3. The van der Waals surface area contributed by atoms with E-state index in [2.05, 4.69) is 14.9 Å². The summed E-state index contributed by atoms with van der Waals surface area (Å²) in [6.45, 7) is 5.63. The van der Waals surface area contributed by atoms with Crippen molar-refractivity contribution in [2.45, 2.75) is 50.8 Å². The van der Waals surface area contributed by atoms with Crippen molar-refractivity contribution < 1.29 is 8.42 Å². The van der Waals surface area contributed by atoms with Crippen LogP contribution in [0.2, 0.25) is 0 Å². The molecule has 0 radical (unpaired) electrons. The molecule has 1 aromatic rings. The number of hydrogen-bond acceptors (Lipinski definition) is 5. The maximum absolute atomic E-state index is 12.4. The van der Waals surface area contributed by atoms with E-state index in [1.54, 1.807) is 17.7 Å². The molecule has 1 unspecified atom stereocenters. The average molecular weight is 324 g/mol. The SMILES string of the molecule is Cc1ncnc(N2CCCC(N(C)S(=O)(=O)C3CC3)C2)c1C. The number of piperidine rings is 1. The largest absolute Gasteiger partial charge is 0.355 e. The van der Waals surface area contributed by atoms with Crippen molar-refractivity contribution in [1.29, 1.82) is 0 Å². The second kappa shape index (κ2) is 5.77. The molecule has 1 atom stereocenters. The summed E-state index contributed by atoms with van der Waals surface area (Å²) in [7, 11) is -1.38. The number of anilines is 1. The Morgan fingerprint density at radius 3 is 2.64 bits per heavy atom. The van der Waals surface area contributed by atoms with Gasteiger partial charge in [-0.25, -0.2) is 18.4 Å². The Balaban J connectivity index is 1.78. The van der Waals surface area contributed by atoms with E-state index in [4.69, 9.17) is 0 Å². The van der Waals surface area contributed by atoms with E-state index >= 15 is 0 Å². The molecule has 122 valence electrons. The normalized spacial score (nSPS) is 23.1. The van der Waals surface area contributed by atoms with Gasteiger partial charge in [0.1, 0.15) is 12.1 Å². The number of aryl methyl sites for hydroxylation is 1. The maximum atomic E-state index is 12.4. The van der Waals surface area contributed by atoms with E-state index in [1.165, 1.54) is 0 Å². The zero-order chi connectivity index (χ0) is 15.9. The van der Waals surface area contributed by atoms with Gasteiger partial charge in [-0.05, 0) is 39.5 Å². The lowest BCUT2D eigenvalue weighted by Crippen LogP contribution is -2.49. The Morgan fingerprint density at radius 1 is 1.23 bits per heavy atom. The minimum Gasteiger partial charge on any atom is -0.355 e. The van der Waals surface area contributed by atoms with Crippen LogP contribution in [-0.2, 0) is 10.0 Å². The van der Waals surface area contributed by atoms with Gasteiger partial charge in [0.2, 0.25) is 10.0 Å². The van der Waals surface area contributed by atoms with Crippen molar-refractivity contribution in [2.75, 3.05) is 25.0 Å². The van der Waals surface area contributed by atoms with Gasteiger partial charge in [0, 0.05) is 37.4 Å². The summed E-state index contributed by atoms with van der Waals surface area (Å²) in [6.07, 6.45) is 5.12. The first kappa shape index (κ1) is 15.7. The summed E-state index contributed by atoms with van der Waals surface area (Å²) in [6, 6.07) is 0.0361. The van der Waals surface area contributed by atoms with Gasteiger partial charge in [-0.15, -0.1) is 0 Å². The van der Waals surface area contributed by atoms with E-state index in [9.17, 15) is 8.42 Å². The first-order valence-electron chi connectivity index (χ1n) is 7.91. The molecule has 0 N–H and O–H groups in total. The lowest BCUT2D eigenvalue weighted by molar-refractivity contribution is 0.319. The summed E-state index contributed by atoms with van der Waals surface area (Å²) in [5.74, 6) is 0.939. The minimum absolute atomic E-state index is 0.0361. The lowest BCUT2D eigenvalue weighted by Gasteiger charge is -2.38. The lowest BCUT2D eigenvalue weighted by atomic mass is 10.1. The summed E-state index contributed by atoms with van der Waals surface area (Å²) in [5, 5.41) is -0.143. The van der Waals surface area contributed by atoms with Gasteiger partial charge >= 0.3 is 0 Å². The Labute approximate surface area is 132 Å². The van der Waals surface area contributed by atoms with Gasteiger partial charge in [-0.1, -0.05) is 0 Å². The van der Waals surface area contributed by atoms with Gasteiger partial charge in [0.25, 0.3) is 0 Å². The van der Waals surface area contributed by atoms with Crippen LogP contribution >= 0.6 is 0 Å². The highest BCUT2D eigenvalue weighted by atomic mass is 32.2. The fourth-order valence-corrected chi connectivity index (χ4v) is 4.89. The third-order valence-electron chi connectivity index (χ3n) is 4.87. The van der Waals surface area contributed by atoms with Crippen LogP contribution in [0.5, 0.6) is 0 Å². The zero-order valence-electron chi connectivity index (χ0n) is 13.5. The molecule has 2 heterocycles. The topological polar surface area (TPSA) is 66.4 Å². The van der Waals surface area contributed by atoms with Crippen molar-refractivity contribution in [3.8, 4) is 0 Å². The molecule has 1 aliphatic heterocycles. The predicted molar refractivity (Wildman–Crippen MR) is 86.4 cm³/mol. The third-order valence-corrected chi connectivity index (χ3v) is 7.28. The molecule has 0 spiro atoms. The van der Waals surface area contributed by atoms with E-state index in [0.29, 0.717) is 6.54 Å². The molecule has 0 amide bonds. The second-order valence-electron chi connectivity index (χ2n) is 6.41. The van der Waals surface area contributed by atoms with Crippen molar-refractivity contribution >= 4 is 15.8 Å². The molecule has 6 nitrogen and oxygen atoms in total. The van der Waals surface area contributed by atoms with Crippen molar-refractivity contribution in [1.82, 2.24) is 14.3 Å². The molecule has 1 saturated heterocycles. The summed E-state index contributed by atoms with van der Waals surface area (Å²) in [4.78, 5) is 10.8. The first-order valence-corrected chi connectivity index (χ1v) is 9.41. The highest BCUT2D eigenvalue weighted by Gasteiger charge is 2.41. The number of sulfonamides is 1. The Hall–Kier alpha value is -1.21. The third kappa shape index (κ3) is 2.84. The molecule has 1 saturated carbocycles. The Bertz CT molecular complexity index is 658. The van der Waals surface area contributed by atoms with Crippen molar-refractivity contribution in [2.24, 2.45) is 0 Å². The highest BCUT2D eigenvalue weighted by Crippen LogP contribution is 2.33. The minimum atomic E-state index is -3.12. The predicted octanol–water partition coefficient (Wildman–Crippen LogP) is 1.49. The van der Waals surface area contributed by atoms with Gasteiger partial charge in [0.05, 0.1) is 5.25 Å². The molecular formula is C15H24N4O2S. The fourth-order valence-electron chi connectivity index (χ4n) is 3.10. The molecule has 1 aromatic heterocycles. The summed E-state index contributed by atoms with van der Waals surface area (Å²) in [5.41, 5.74) is 2.06. The average Bonchev–Trinajstić information content (AvgIpc) is 3.34. The molecule has 3 rings (SSSR count). The van der Waals surface area contributed by atoms with Crippen molar-refractivity contribution in [3.05, 3.63) is 17.6 Å². The molecule has 22 heavy (non-hydrogen) atoms. The molecule has 7 heteroatoms. The molecule has 0 aromatic carbocycles. The molecule has 0 bridgehead atoms. The van der Waals surface area contributed by atoms with E-state index in [0.717, 1.165) is 49.3 Å². The van der Waals surface area contributed by atoms with Crippen LogP contribution in [0.1, 0.15) is 36.9 Å². The van der Waals surface area contributed by atoms with Gasteiger partial charge in [-0.3, -0.25) is 0 Å². The number of rotatable bonds is 4. The van der Waals surface area contributed by atoms with Gasteiger partial charge < -0.3 is 4.90 Å².